The number of nitrogens with zero attached hydrogens (tertiary/aromatic N) is 2. The summed E-state index contributed by atoms with van der Waals surface area (Å²) in [7, 11) is 2.82. The normalized spacial score (nSPS) is 17.2. The van der Waals surface area contributed by atoms with Crippen molar-refractivity contribution < 1.29 is 54.0 Å². The minimum absolute atomic E-state index is 0.0173. The van der Waals surface area contributed by atoms with Crippen LogP contribution in [-0.4, -0.2) is 123 Å². The van der Waals surface area contributed by atoms with Gasteiger partial charge in [-0.25, -0.2) is 0 Å². The molecule has 16 nitrogen and oxygen atoms in total. The fraction of sp³-hybridized carbons (Fsp3) is 0.620. The number of likely N-dealkylation sites (N-methyl/N-ethyl adjacent to an activating group) is 2. The molecule has 7 N–H and O–H groups in total. The lowest BCUT2D eigenvalue weighted by Gasteiger charge is -2.30. The summed E-state index contributed by atoms with van der Waals surface area (Å²) in [5, 5.41) is 49.0. The van der Waals surface area contributed by atoms with Gasteiger partial charge in [-0.3, -0.25) is 33.6 Å². The van der Waals surface area contributed by atoms with Crippen molar-refractivity contribution in [2.75, 3.05) is 33.9 Å². The molecule has 366 valence electrons. The number of nitrogens with one attached hydrogen (secondary N) is 3. The number of amides is 5. The third kappa shape index (κ3) is 17.1. The largest absolute Gasteiger partial charge is 0.507 e. The van der Waals surface area contributed by atoms with Gasteiger partial charge in [0.15, 0.2) is 11.6 Å². The summed E-state index contributed by atoms with van der Waals surface area (Å²) in [5.74, 6) is -5.33. The van der Waals surface area contributed by atoms with Crippen LogP contribution in [0.4, 0.5) is 0 Å². The SMILES string of the molecule is CCCCCCCCCCCCCCCC(=O)N(C)[C@H](CO)C(=O)N[C@H](C)C(=O)CCC(=O)N(C)[C@@H]1C(=O)C[C@@H](C)C(=O)N[C@H](C(=O)NCCO)Cc2ccc(O)c(c2)-c2cc1ccc2O. The number of aliphatic hydroxyl groups is 2. The second-order valence-electron chi connectivity index (χ2n) is 17.8. The highest BCUT2D eigenvalue weighted by atomic mass is 16.3. The standard InChI is InChI=1S/C50H75N5O11/c1-6-7-8-9-10-11-12-13-14-15-16-17-18-19-45(62)54(4)40(32-57)50(66)52-34(3)41(58)24-25-46(63)55(5)47-36-21-23-43(60)38(31-36)37-29-35(20-22-42(37)59)30-39(49(65)51-26-27-56)53-48(64)33(2)28-44(47)61/h20-23,29,31,33-34,39-40,47,56-57,59-60H,6-19,24-28,30,32H2,1-5H3,(H,51,65)(H,52,66)(H,53,64)/t33-,34-,39+,40-,47+/m1/s1. The number of phenols is 2. The second kappa shape index (κ2) is 28.6. The second-order valence-corrected chi connectivity index (χ2v) is 17.8. The first kappa shape index (κ1) is 55.0. The maximum atomic E-state index is 14.2. The van der Waals surface area contributed by atoms with Crippen LogP contribution in [0.2, 0.25) is 0 Å². The molecule has 0 saturated carbocycles. The predicted octanol–water partition coefficient (Wildman–Crippen LogP) is 5.16. The minimum atomic E-state index is -1.31. The average Bonchev–Trinajstić information content (AvgIpc) is 3.29. The third-order valence-electron chi connectivity index (χ3n) is 12.5. The van der Waals surface area contributed by atoms with E-state index in [1.807, 2.05) is 0 Å². The monoisotopic (exact) mass is 922 g/mol. The number of phenolic OH excluding ortho intramolecular Hbond substituents is 2. The van der Waals surface area contributed by atoms with E-state index >= 15 is 0 Å². The van der Waals surface area contributed by atoms with E-state index < -0.39 is 71.9 Å². The summed E-state index contributed by atoms with van der Waals surface area (Å²) in [6.45, 7) is 4.11. The zero-order valence-electron chi connectivity index (χ0n) is 39.7. The molecule has 1 aliphatic rings. The first-order valence-electron chi connectivity index (χ1n) is 23.9. The van der Waals surface area contributed by atoms with E-state index in [2.05, 4.69) is 22.9 Å². The van der Waals surface area contributed by atoms with Crippen molar-refractivity contribution >= 4 is 41.1 Å². The number of carbonyl (C=O) groups is 7. The van der Waals surface area contributed by atoms with Gasteiger partial charge in [-0.2, -0.15) is 0 Å². The average molecular weight is 922 g/mol. The Bertz CT molecular complexity index is 1940. The Labute approximate surface area is 390 Å². The highest BCUT2D eigenvalue weighted by molar-refractivity contribution is 5.97. The molecule has 0 saturated heterocycles. The molecule has 0 fully saturated rings. The lowest BCUT2D eigenvalue weighted by Crippen LogP contribution is -2.53. The molecule has 66 heavy (non-hydrogen) atoms. The third-order valence-corrected chi connectivity index (χ3v) is 12.5. The van der Waals surface area contributed by atoms with Gasteiger partial charge in [0, 0.05) is 69.8 Å². The van der Waals surface area contributed by atoms with Crippen molar-refractivity contribution in [1.82, 2.24) is 25.8 Å². The lowest BCUT2D eigenvalue weighted by molar-refractivity contribution is -0.142. The Kier molecular flexibility index (Phi) is 23.9. The minimum Gasteiger partial charge on any atom is -0.507 e. The Hall–Kier alpha value is -5.35. The predicted molar refractivity (Wildman–Crippen MR) is 251 cm³/mol. The Morgan fingerprint density at radius 2 is 1.33 bits per heavy atom. The van der Waals surface area contributed by atoms with Gasteiger partial charge in [-0.15, -0.1) is 0 Å². The highest BCUT2D eigenvalue weighted by Crippen LogP contribution is 2.39. The summed E-state index contributed by atoms with van der Waals surface area (Å²) < 4.78 is 0. The molecule has 0 unspecified atom stereocenters. The molecule has 1 heterocycles. The highest BCUT2D eigenvalue weighted by Gasteiger charge is 2.34. The Balaban J connectivity index is 1.63. The van der Waals surface area contributed by atoms with Crippen LogP contribution < -0.4 is 16.0 Å². The van der Waals surface area contributed by atoms with E-state index in [1.54, 1.807) is 12.1 Å². The number of carbonyl (C=O) groups excluding carboxylic acids is 7. The summed E-state index contributed by atoms with van der Waals surface area (Å²) >= 11 is 0. The molecule has 4 bridgehead atoms. The van der Waals surface area contributed by atoms with E-state index in [4.69, 9.17) is 0 Å². The number of hydrogen-bond acceptors (Lipinski definition) is 11. The van der Waals surface area contributed by atoms with E-state index in [0.717, 1.165) is 24.2 Å². The molecule has 5 atom stereocenters. The maximum absolute atomic E-state index is 14.2. The topological polar surface area (TPSA) is 243 Å². The molecule has 16 heteroatoms. The summed E-state index contributed by atoms with van der Waals surface area (Å²) in [4.78, 5) is 96.3. The van der Waals surface area contributed by atoms with Crippen LogP contribution >= 0.6 is 0 Å². The number of benzene rings is 2. The Morgan fingerprint density at radius 3 is 1.92 bits per heavy atom. The van der Waals surface area contributed by atoms with Crippen molar-refractivity contribution in [3.8, 4) is 22.6 Å². The van der Waals surface area contributed by atoms with Gasteiger partial charge in [0.05, 0.1) is 19.3 Å². The van der Waals surface area contributed by atoms with E-state index in [1.165, 1.54) is 115 Å². The lowest BCUT2D eigenvalue weighted by atomic mass is 9.89. The number of hydrogen-bond donors (Lipinski definition) is 7. The van der Waals surface area contributed by atoms with Crippen LogP contribution in [0.15, 0.2) is 36.4 Å². The van der Waals surface area contributed by atoms with Crippen LogP contribution in [0.1, 0.15) is 147 Å². The quantitative estimate of drug-likeness (QED) is 0.0608. The summed E-state index contributed by atoms with van der Waals surface area (Å²) in [6.07, 6.45) is 14.3. The van der Waals surface area contributed by atoms with Gasteiger partial charge in [-0.05, 0) is 48.7 Å². The molecule has 2 aromatic carbocycles. The van der Waals surface area contributed by atoms with Crippen molar-refractivity contribution in [1.29, 1.82) is 0 Å². The van der Waals surface area contributed by atoms with Gasteiger partial charge >= 0.3 is 0 Å². The van der Waals surface area contributed by atoms with Gasteiger partial charge in [0.2, 0.25) is 29.5 Å². The van der Waals surface area contributed by atoms with E-state index in [9.17, 15) is 54.0 Å². The van der Waals surface area contributed by atoms with Crippen molar-refractivity contribution in [3.05, 3.63) is 47.5 Å². The number of aromatic hydroxyl groups is 2. The van der Waals surface area contributed by atoms with Gasteiger partial charge in [0.25, 0.3) is 0 Å². The van der Waals surface area contributed by atoms with Crippen molar-refractivity contribution in [2.24, 2.45) is 5.92 Å². The molecule has 5 amide bonds. The van der Waals surface area contributed by atoms with Crippen LogP contribution in [0.3, 0.4) is 0 Å². The Morgan fingerprint density at radius 1 is 0.758 bits per heavy atom. The zero-order valence-corrected chi connectivity index (χ0v) is 39.7. The van der Waals surface area contributed by atoms with E-state index in [-0.39, 0.29) is 79.4 Å². The number of aliphatic hydroxyl groups excluding tert-OH is 2. The molecule has 0 aliphatic carbocycles. The molecule has 1 aliphatic heterocycles. The van der Waals surface area contributed by atoms with Crippen LogP contribution in [-0.2, 0) is 40.0 Å². The smallest absolute Gasteiger partial charge is 0.245 e. The molecular weight excluding hydrogens is 847 g/mol. The number of fused-ring (bicyclic) bond motifs is 5. The first-order valence-corrected chi connectivity index (χ1v) is 23.9. The molecule has 0 radical (unpaired) electrons. The molecule has 0 spiro atoms. The van der Waals surface area contributed by atoms with Gasteiger partial charge in [0.1, 0.15) is 29.6 Å². The number of ketones is 2. The summed E-state index contributed by atoms with van der Waals surface area (Å²) in [5.41, 5.74) is 1.07. The van der Waals surface area contributed by atoms with Crippen molar-refractivity contribution in [3.63, 3.8) is 0 Å². The summed E-state index contributed by atoms with van der Waals surface area (Å²) in [6, 6.07) is 3.97. The molecule has 0 aromatic heterocycles. The molecular formula is C50H75N5O11. The number of Topliss-reactive ketones (excluding diaryl/α,β-unsaturated/α-hetero) is 2. The van der Waals surface area contributed by atoms with Crippen molar-refractivity contribution in [2.45, 2.75) is 161 Å². The van der Waals surface area contributed by atoms with Crippen LogP contribution in [0.5, 0.6) is 11.5 Å². The van der Waals surface area contributed by atoms with Gasteiger partial charge in [-0.1, -0.05) is 103 Å². The zero-order chi connectivity index (χ0) is 48.8. The van der Waals surface area contributed by atoms with E-state index in [0.29, 0.717) is 12.0 Å². The number of rotatable bonds is 26. The molecule has 2 aromatic rings. The van der Waals surface area contributed by atoms with Gasteiger partial charge < -0.3 is 46.2 Å². The molecule has 3 rings (SSSR count). The maximum Gasteiger partial charge on any atom is 0.245 e. The number of unbranched alkanes of at least 4 members (excludes halogenated alkanes) is 12. The fourth-order valence-corrected chi connectivity index (χ4v) is 8.24. The van der Waals surface area contributed by atoms with Crippen LogP contribution in [0.25, 0.3) is 11.1 Å². The first-order chi connectivity index (χ1) is 31.5. The fourth-order valence-electron chi connectivity index (χ4n) is 8.24. The van der Waals surface area contributed by atoms with Crippen LogP contribution in [0, 0.1) is 5.92 Å².